The molecule has 3 rings (SSSR count). The van der Waals surface area contributed by atoms with Crippen molar-refractivity contribution in [3.05, 3.63) is 53.2 Å². The molecule has 0 aromatic carbocycles. The van der Waals surface area contributed by atoms with Gasteiger partial charge >= 0.3 is 6.18 Å². The summed E-state index contributed by atoms with van der Waals surface area (Å²) in [6.45, 7) is 1.81. The maximum atomic E-state index is 13.2. The molecule has 1 saturated heterocycles. The van der Waals surface area contributed by atoms with E-state index in [0.29, 0.717) is 25.8 Å². The number of hydrogen-bond acceptors (Lipinski definition) is 5. The van der Waals surface area contributed by atoms with Crippen molar-refractivity contribution in [3.63, 3.8) is 0 Å². The Morgan fingerprint density at radius 2 is 2.06 bits per heavy atom. The number of aryl methyl sites for hydroxylation is 1. The standard InChI is InChI=1S/C24H29F3N4O4/c1-15-10-19(21(35-15)24(25,26)27)22(33)29-18-8-4-7-17(11-20(32)30(2)14-18)23(34)31(3)13-16-6-5-9-28-12-16/h5-6,9-10,12,17-18H,4,7-8,11,13-14H2,1-3H3,(H,29,33). The first kappa shape index (κ1) is 26.2. The topological polar surface area (TPSA) is 95.8 Å². The number of rotatable bonds is 5. The zero-order valence-corrected chi connectivity index (χ0v) is 19.9. The van der Waals surface area contributed by atoms with Crippen molar-refractivity contribution in [2.24, 2.45) is 5.92 Å². The molecule has 1 aliphatic heterocycles. The predicted molar refractivity (Wildman–Crippen MR) is 120 cm³/mol. The minimum atomic E-state index is -4.80. The van der Waals surface area contributed by atoms with E-state index < -0.39 is 35.4 Å². The minimum absolute atomic E-state index is 0.0204. The van der Waals surface area contributed by atoms with Crippen LogP contribution >= 0.6 is 0 Å². The molecule has 0 aliphatic carbocycles. The van der Waals surface area contributed by atoms with E-state index in [1.165, 1.54) is 11.8 Å². The van der Waals surface area contributed by atoms with Gasteiger partial charge in [0.2, 0.25) is 17.6 Å². The van der Waals surface area contributed by atoms with E-state index >= 15 is 0 Å². The predicted octanol–water partition coefficient (Wildman–Crippen LogP) is 3.41. The van der Waals surface area contributed by atoms with Gasteiger partial charge in [-0.2, -0.15) is 13.2 Å². The van der Waals surface area contributed by atoms with Crippen LogP contribution in [0.2, 0.25) is 0 Å². The zero-order chi connectivity index (χ0) is 25.8. The lowest BCUT2D eigenvalue weighted by molar-refractivity contribution is -0.153. The van der Waals surface area contributed by atoms with Crippen LogP contribution in [0.3, 0.4) is 0 Å². The third kappa shape index (κ3) is 6.83. The van der Waals surface area contributed by atoms with E-state index in [9.17, 15) is 27.6 Å². The van der Waals surface area contributed by atoms with Crippen LogP contribution in [-0.4, -0.2) is 59.2 Å². The Kier molecular flexibility index (Phi) is 8.18. The summed E-state index contributed by atoms with van der Waals surface area (Å²) < 4.78 is 44.4. The Bertz CT molecular complexity index is 1050. The zero-order valence-electron chi connectivity index (χ0n) is 19.9. The summed E-state index contributed by atoms with van der Waals surface area (Å²) in [5.74, 6) is -3.25. The van der Waals surface area contributed by atoms with Crippen LogP contribution < -0.4 is 5.32 Å². The molecule has 0 radical (unpaired) electrons. The monoisotopic (exact) mass is 494 g/mol. The van der Waals surface area contributed by atoms with Gasteiger partial charge in [0, 0.05) is 58.0 Å². The summed E-state index contributed by atoms with van der Waals surface area (Å²) >= 11 is 0. The number of aromatic nitrogens is 1. The second-order valence-electron chi connectivity index (χ2n) is 8.93. The third-order valence-electron chi connectivity index (χ3n) is 6.01. The first-order valence-electron chi connectivity index (χ1n) is 11.3. The van der Waals surface area contributed by atoms with Crippen LogP contribution in [0.25, 0.3) is 0 Å². The lowest BCUT2D eigenvalue weighted by atomic mass is 9.95. The van der Waals surface area contributed by atoms with Gasteiger partial charge in [-0.15, -0.1) is 0 Å². The summed E-state index contributed by atoms with van der Waals surface area (Å²) in [4.78, 5) is 45.5. The number of hydrogen-bond donors (Lipinski definition) is 1. The van der Waals surface area contributed by atoms with Crippen molar-refractivity contribution in [2.45, 2.75) is 51.4 Å². The fourth-order valence-electron chi connectivity index (χ4n) is 4.24. The smallest absolute Gasteiger partial charge is 0.450 e. The number of furan rings is 1. The van der Waals surface area contributed by atoms with Crippen LogP contribution in [0.4, 0.5) is 13.2 Å². The van der Waals surface area contributed by atoms with Crippen LogP contribution in [0.5, 0.6) is 0 Å². The van der Waals surface area contributed by atoms with Crippen molar-refractivity contribution < 1.29 is 32.0 Å². The van der Waals surface area contributed by atoms with Gasteiger partial charge in [0.25, 0.3) is 5.91 Å². The van der Waals surface area contributed by atoms with Crippen molar-refractivity contribution in [1.29, 1.82) is 0 Å². The molecule has 35 heavy (non-hydrogen) atoms. The largest absolute Gasteiger partial charge is 0.456 e. The van der Waals surface area contributed by atoms with Crippen molar-refractivity contribution in [3.8, 4) is 0 Å². The molecule has 0 saturated carbocycles. The first-order valence-corrected chi connectivity index (χ1v) is 11.3. The molecule has 8 nitrogen and oxygen atoms in total. The molecule has 1 fully saturated rings. The second kappa shape index (κ2) is 10.9. The lowest BCUT2D eigenvalue weighted by Crippen LogP contribution is -2.44. The number of carbonyl (C=O) groups is 3. The van der Waals surface area contributed by atoms with Gasteiger partial charge in [0.15, 0.2) is 0 Å². The van der Waals surface area contributed by atoms with E-state index in [2.05, 4.69) is 10.3 Å². The fraction of sp³-hybridized carbons (Fsp3) is 0.500. The van der Waals surface area contributed by atoms with Gasteiger partial charge < -0.3 is 19.5 Å². The molecule has 1 aliphatic rings. The highest BCUT2D eigenvalue weighted by atomic mass is 19.4. The third-order valence-corrected chi connectivity index (χ3v) is 6.01. The number of pyridine rings is 1. The number of nitrogens with one attached hydrogen (secondary N) is 1. The second-order valence-corrected chi connectivity index (χ2v) is 8.93. The van der Waals surface area contributed by atoms with E-state index in [4.69, 9.17) is 4.42 Å². The number of halogens is 3. The molecule has 190 valence electrons. The maximum Gasteiger partial charge on any atom is 0.450 e. The molecule has 0 spiro atoms. The van der Waals surface area contributed by atoms with Crippen LogP contribution in [0.1, 0.15) is 53.1 Å². The van der Waals surface area contributed by atoms with E-state index in [-0.39, 0.29) is 30.5 Å². The maximum absolute atomic E-state index is 13.2. The summed E-state index contributed by atoms with van der Waals surface area (Å²) in [5, 5.41) is 2.61. The molecule has 3 heterocycles. The summed E-state index contributed by atoms with van der Waals surface area (Å²) in [7, 11) is 3.22. The average molecular weight is 495 g/mol. The van der Waals surface area contributed by atoms with Crippen molar-refractivity contribution >= 4 is 17.7 Å². The molecule has 11 heteroatoms. The Hall–Kier alpha value is -3.37. The molecule has 2 aromatic rings. The molecule has 0 bridgehead atoms. The molecule has 3 amide bonds. The molecule has 2 atom stereocenters. The molecule has 2 unspecified atom stereocenters. The molecule has 2 aromatic heterocycles. The minimum Gasteiger partial charge on any atom is -0.456 e. The highest BCUT2D eigenvalue weighted by Gasteiger charge is 2.40. The number of alkyl halides is 3. The fourth-order valence-corrected chi connectivity index (χ4v) is 4.24. The first-order chi connectivity index (χ1) is 16.5. The van der Waals surface area contributed by atoms with Crippen LogP contribution in [0, 0.1) is 12.8 Å². The Labute approximate surface area is 201 Å². The van der Waals surface area contributed by atoms with E-state index in [1.54, 1.807) is 37.5 Å². The normalized spacial score (nSPS) is 19.5. The quantitative estimate of drug-likeness (QED) is 0.688. The highest BCUT2D eigenvalue weighted by molar-refractivity contribution is 5.95. The van der Waals surface area contributed by atoms with Crippen molar-refractivity contribution in [1.82, 2.24) is 20.1 Å². The number of carbonyl (C=O) groups excluding carboxylic acids is 3. The van der Waals surface area contributed by atoms with Gasteiger partial charge in [0.05, 0.1) is 5.56 Å². The van der Waals surface area contributed by atoms with Gasteiger partial charge in [-0.25, -0.2) is 0 Å². The van der Waals surface area contributed by atoms with E-state index in [0.717, 1.165) is 11.6 Å². The van der Waals surface area contributed by atoms with Crippen molar-refractivity contribution in [2.75, 3.05) is 20.6 Å². The van der Waals surface area contributed by atoms with Gasteiger partial charge in [-0.05, 0) is 37.5 Å². The van der Waals surface area contributed by atoms with Crippen LogP contribution in [0.15, 0.2) is 35.0 Å². The van der Waals surface area contributed by atoms with Gasteiger partial charge in [-0.3, -0.25) is 19.4 Å². The Balaban J connectivity index is 1.67. The molecule has 1 N–H and O–H groups in total. The molecular formula is C24H29F3N4O4. The van der Waals surface area contributed by atoms with Crippen LogP contribution in [-0.2, 0) is 22.3 Å². The lowest BCUT2D eigenvalue weighted by Gasteiger charge is -2.25. The summed E-state index contributed by atoms with van der Waals surface area (Å²) in [5.41, 5.74) is 0.277. The van der Waals surface area contributed by atoms with Gasteiger partial charge in [0.1, 0.15) is 5.76 Å². The summed E-state index contributed by atoms with van der Waals surface area (Å²) in [6, 6.07) is 4.12. The van der Waals surface area contributed by atoms with E-state index in [1.807, 2.05) is 6.07 Å². The number of nitrogens with zero attached hydrogens (tertiary/aromatic N) is 3. The molecular weight excluding hydrogens is 465 g/mol. The number of amides is 3. The number of likely N-dealkylation sites (N-methyl/N-ethyl adjacent to an activating group) is 1. The average Bonchev–Trinajstić information content (AvgIpc) is 3.22. The SMILES string of the molecule is Cc1cc(C(=O)NC2CCCC(C(=O)N(C)Cc3cccnc3)CC(=O)N(C)C2)c(C(F)(F)F)o1. The Morgan fingerprint density at radius 3 is 2.71 bits per heavy atom. The summed E-state index contributed by atoms with van der Waals surface area (Å²) in [6.07, 6.45) is -0.137. The Morgan fingerprint density at radius 1 is 1.31 bits per heavy atom. The van der Waals surface area contributed by atoms with Gasteiger partial charge in [-0.1, -0.05) is 12.5 Å². The highest BCUT2D eigenvalue weighted by Crippen LogP contribution is 2.34.